The molecule has 0 bridgehead atoms. The van der Waals surface area contributed by atoms with Gasteiger partial charge in [-0.25, -0.2) is 0 Å². The third kappa shape index (κ3) is 5.22. The van der Waals surface area contributed by atoms with E-state index in [9.17, 15) is 15.2 Å². The summed E-state index contributed by atoms with van der Waals surface area (Å²) in [6.07, 6.45) is 6.04. The molecule has 3 N–H and O–H groups in total. The van der Waals surface area contributed by atoms with Gasteiger partial charge in [-0.05, 0) is 78.9 Å². The van der Waals surface area contributed by atoms with Gasteiger partial charge in [-0.2, -0.15) is 5.26 Å². The van der Waals surface area contributed by atoms with Crippen LogP contribution in [0.2, 0.25) is 5.02 Å². The Morgan fingerprint density at radius 2 is 2.09 bits per heavy atom. The van der Waals surface area contributed by atoms with Gasteiger partial charge in [-0.1, -0.05) is 35.9 Å². The van der Waals surface area contributed by atoms with Crippen molar-refractivity contribution in [3.8, 4) is 17.2 Å². The second kappa shape index (κ2) is 10.3. The van der Waals surface area contributed by atoms with Crippen LogP contribution in [-0.2, 0) is 11.3 Å². The molecule has 0 spiro atoms. The third-order valence-corrected chi connectivity index (χ3v) is 6.98. The van der Waals surface area contributed by atoms with Crippen molar-refractivity contribution >= 4 is 35.4 Å². The first-order valence-corrected chi connectivity index (χ1v) is 11.8. The Hall–Kier alpha value is -3.66. The predicted octanol–water partition coefficient (Wildman–Crippen LogP) is 5.55. The van der Waals surface area contributed by atoms with Crippen molar-refractivity contribution < 1.29 is 9.90 Å². The van der Waals surface area contributed by atoms with Gasteiger partial charge in [0.2, 0.25) is 0 Å². The Labute approximate surface area is 210 Å². The Morgan fingerprint density at radius 1 is 1.29 bits per heavy atom. The van der Waals surface area contributed by atoms with Crippen LogP contribution in [0.25, 0.3) is 23.3 Å². The van der Waals surface area contributed by atoms with Crippen LogP contribution in [0.1, 0.15) is 39.9 Å². The van der Waals surface area contributed by atoms with Gasteiger partial charge in [-0.15, -0.1) is 0 Å². The number of nitrogens with zero attached hydrogens (tertiary/aromatic N) is 3. The van der Waals surface area contributed by atoms with Crippen LogP contribution >= 0.6 is 11.6 Å². The van der Waals surface area contributed by atoms with Gasteiger partial charge in [0.1, 0.15) is 6.07 Å². The van der Waals surface area contributed by atoms with E-state index in [0.29, 0.717) is 41.5 Å². The average Bonchev–Trinajstić information content (AvgIpc) is 3.31. The molecule has 178 valence electrons. The van der Waals surface area contributed by atoms with Crippen molar-refractivity contribution in [3.63, 3.8) is 0 Å². The number of hydrogen-bond donors (Lipinski definition) is 2. The van der Waals surface area contributed by atoms with E-state index >= 15 is 0 Å². The van der Waals surface area contributed by atoms with Gasteiger partial charge >= 0.3 is 5.97 Å². The Kier molecular flexibility index (Phi) is 7.20. The third-order valence-electron chi connectivity index (χ3n) is 6.65. The molecule has 0 amide bonds. The van der Waals surface area contributed by atoms with Gasteiger partial charge in [-0.3, -0.25) is 14.7 Å². The molecule has 1 saturated heterocycles. The fraction of sp³-hybridized carbons (Fsp3) is 0.250. The molecule has 1 aliphatic rings. The zero-order chi connectivity index (χ0) is 25.1. The number of nitriles is 1. The molecule has 0 saturated carbocycles. The van der Waals surface area contributed by atoms with E-state index in [1.54, 1.807) is 6.20 Å². The minimum atomic E-state index is -0.733. The normalized spacial score (nSPS) is 16.0. The summed E-state index contributed by atoms with van der Waals surface area (Å²) in [5.41, 5.74) is 13.4. The summed E-state index contributed by atoms with van der Waals surface area (Å²) in [5.74, 6) is -1.04. The standard InChI is InChI=1S/C28H27ClN4O2/c1-17-12-19(25(29)13-21(17)16-33-11-9-20(15-33)28(34)35)6-7-27-24(14-30)23(8-10-32-27)22-4-3-5-26(31)18(22)2/h3-8,10,12-13,20H,9,11,15-16,31H2,1-2H3,(H,34,35)/b7-6+/t20-/m1/s1. The number of carbonyl (C=O) groups is 1. The largest absolute Gasteiger partial charge is 0.481 e. The van der Waals surface area contributed by atoms with E-state index in [1.807, 2.05) is 62.4 Å². The average molecular weight is 487 g/mol. The minimum Gasteiger partial charge on any atom is -0.481 e. The number of anilines is 1. The van der Waals surface area contributed by atoms with Crippen LogP contribution < -0.4 is 5.73 Å². The molecule has 2 aromatic carbocycles. The number of carboxylic acids is 1. The number of rotatable bonds is 6. The van der Waals surface area contributed by atoms with Crippen molar-refractivity contribution in [1.29, 1.82) is 5.26 Å². The van der Waals surface area contributed by atoms with Crippen LogP contribution in [0.15, 0.2) is 42.6 Å². The van der Waals surface area contributed by atoms with E-state index in [-0.39, 0.29) is 5.92 Å². The molecule has 7 heteroatoms. The number of halogens is 1. The summed E-state index contributed by atoms with van der Waals surface area (Å²) >= 11 is 6.61. The van der Waals surface area contributed by atoms with Crippen LogP contribution in [0, 0.1) is 31.1 Å². The first-order chi connectivity index (χ1) is 16.8. The second-order valence-electron chi connectivity index (χ2n) is 8.94. The van der Waals surface area contributed by atoms with Gasteiger partial charge in [0.05, 0.1) is 17.2 Å². The lowest BCUT2D eigenvalue weighted by Crippen LogP contribution is -2.23. The molecule has 4 rings (SSSR count). The highest BCUT2D eigenvalue weighted by molar-refractivity contribution is 6.32. The lowest BCUT2D eigenvalue weighted by atomic mass is 9.95. The van der Waals surface area contributed by atoms with E-state index in [2.05, 4.69) is 16.0 Å². The molecule has 0 radical (unpaired) electrons. The van der Waals surface area contributed by atoms with E-state index in [0.717, 1.165) is 39.9 Å². The molecule has 1 aliphatic heterocycles. The van der Waals surface area contributed by atoms with Gasteiger partial charge in [0.25, 0.3) is 0 Å². The summed E-state index contributed by atoms with van der Waals surface area (Å²) in [6.45, 7) is 5.95. The fourth-order valence-electron chi connectivity index (χ4n) is 4.52. The van der Waals surface area contributed by atoms with Crippen LogP contribution in [0.3, 0.4) is 0 Å². The smallest absolute Gasteiger partial charge is 0.307 e. The lowest BCUT2D eigenvalue weighted by molar-refractivity contribution is -0.141. The molecule has 0 unspecified atom stereocenters. The maximum Gasteiger partial charge on any atom is 0.307 e. The first kappa shape index (κ1) is 24.5. The monoisotopic (exact) mass is 486 g/mol. The van der Waals surface area contributed by atoms with Crippen LogP contribution in [-0.4, -0.2) is 34.0 Å². The number of benzene rings is 2. The van der Waals surface area contributed by atoms with Crippen molar-refractivity contribution in [2.45, 2.75) is 26.8 Å². The van der Waals surface area contributed by atoms with Gasteiger partial charge in [0, 0.05) is 35.6 Å². The molecule has 3 aromatic rings. The molecule has 1 fully saturated rings. The number of aryl methyl sites for hydroxylation is 1. The molecule has 6 nitrogen and oxygen atoms in total. The summed E-state index contributed by atoms with van der Waals surface area (Å²) < 4.78 is 0. The van der Waals surface area contributed by atoms with Crippen LogP contribution in [0.5, 0.6) is 0 Å². The zero-order valence-corrected chi connectivity index (χ0v) is 20.5. The fourth-order valence-corrected chi connectivity index (χ4v) is 4.77. The topological polar surface area (TPSA) is 103 Å². The Bertz CT molecular complexity index is 1360. The molecular formula is C28H27ClN4O2. The van der Waals surface area contributed by atoms with E-state index < -0.39 is 5.97 Å². The number of hydrogen-bond acceptors (Lipinski definition) is 5. The summed E-state index contributed by atoms with van der Waals surface area (Å²) in [7, 11) is 0. The van der Waals surface area contributed by atoms with E-state index in [1.165, 1.54) is 0 Å². The SMILES string of the molecule is Cc1cc(/C=C/c2nccc(-c3cccc(N)c3C)c2C#N)c(Cl)cc1CN1CC[C@@H](C(=O)O)C1. The minimum absolute atomic E-state index is 0.304. The number of pyridine rings is 1. The molecule has 1 aromatic heterocycles. The summed E-state index contributed by atoms with van der Waals surface area (Å²) in [4.78, 5) is 17.8. The molecule has 2 heterocycles. The Morgan fingerprint density at radius 3 is 2.80 bits per heavy atom. The number of aromatic nitrogens is 1. The molecule has 35 heavy (non-hydrogen) atoms. The number of likely N-dealkylation sites (tertiary alicyclic amines) is 1. The highest BCUT2D eigenvalue weighted by Crippen LogP contribution is 2.32. The number of nitrogen functional groups attached to an aromatic ring is 1. The Balaban J connectivity index is 1.60. The molecule has 1 atom stereocenters. The maximum absolute atomic E-state index is 11.2. The van der Waals surface area contributed by atoms with Gasteiger partial charge in [0.15, 0.2) is 0 Å². The van der Waals surface area contributed by atoms with Crippen molar-refractivity contribution in [3.05, 3.63) is 81.1 Å². The second-order valence-corrected chi connectivity index (χ2v) is 9.35. The zero-order valence-electron chi connectivity index (χ0n) is 19.8. The number of carboxylic acid groups (broad SMARTS) is 1. The summed E-state index contributed by atoms with van der Waals surface area (Å²) in [6, 6.07) is 13.8. The molecule has 0 aliphatic carbocycles. The van der Waals surface area contributed by atoms with Crippen molar-refractivity contribution in [2.24, 2.45) is 5.92 Å². The maximum atomic E-state index is 11.2. The highest BCUT2D eigenvalue weighted by atomic mass is 35.5. The van der Waals surface area contributed by atoms with Crippen LogP contribution in [0.4, 0.5) is 5.69 Å². The van der Waals surface area contributed by atoms with Crippen molar-refractivity contribution in [2.75, 3.05) is 18.8 Å². The quantitative estimate of drug-likeness (QED) is 0.443. The van der Waals surface area contributed by atoms with E-state index in [4.69, 9.17) is 17.3 Å². The molecular weight excluding hydrogens is 460 g/mol. The number of nitrogens with two attached hydrogens (primary N) is 1. The highest BCUT2D eigenvalue weighted by Gasteiger charge is 2.28. The lowest BCUT2D eigenvalue weighted by Gasteiger charge is -2.18. The number of aliphatic carboxylic acids is 1. The predicted molar refractivity (Wildman–Crippen MR) is 140 cm³/mol. The first-order valence-electron chi connectivity index (χ1n) is 11.4. The summed E-state index contributed by atoms with van der Waals surface area (Å²) in [5, 5.41) is 19.8. The van der Waals surface area contributed by atoms with Crippen molar-refractivity contribution in [1.82, 2.24) is 9.88 Å². The van der Waals surface area contributed by atoms with Gasteiger partial charge < -0.3 is 10.8 Å².